The molecule has 0 fully saturated rings. The number of nitrogens with zero attached hydrogens (tertiary/aromatic N) is 1. The maximum atomic E-state index is 12.8. The lowest BCUT2D eigenvalue weighted by atomic mass is 9.91. The Hall–Kier alpha value is -2.45. The number of hydrogen-bond donors (Lipinski definition) is 0. The van der Waals surface area contributed by atoms with E-state index in [4.69, 9.17) is 0 Å². The molecular formula is C21H21NO. The van der Waals surface area contributed by atoms with E-state index in [9.17, 15) is 4.79 Å². The molecule has 2 aromatic rings. The van der Waals surface area contributed by atoms with E-state index in [0.717, 1.165) is 23.2 Å². The molecule has 1 aliphatic carbocycles. The minimum atomic E-state index is -0.125. The monoisotopic (exact) mass is 303 g/mol. The average Bonchev–Trinajstić information content (AvgIpc) is 3.02. The summed E-state index contributed by atoms with van der Waals surface area (Å²) in [5.41, 5.74) is 4.23. The van der Waals surface area contributed by atoms with Crippen molar-refractivity contribution >= 4 is 5.78 Å². The number of carbonyl (C=O) groups is 1. The van der Waals surface area contributed by atoms with E-state index in [1.807, 2.05) is 68.7 Å². The number of carbonyl (C=O) groups excluding carboxylic acids is 1. The van der Waals surface area contributed by atoms with E-state index < -0.39 is 0 Å². The van der Waals surface area contributed by atoms with E-state index >= 15 is 0 Å². The van der Waals surface area contributed by atoms with Crippen molar-refractivity contribution in [2.24, 2.45) is 5.92 Å². The second-order valence-corrected chi connectivity index (χ2v) is 6.15. The van der Waals surface area contributed by atoms with Crippen LogP contribution in [0, 0.1) is 5.92 Å². The molecule has 0 N–H and O–H groups in total. The molecule has 23 heavy (non-hydrogen) atoms. The Morgan fingerprint density at radius 1 is 0.957 bits per heavy atom. The quantitative estimate of drug-likeness (QED) is 0.771. The van der Waals surface area contributed by atoms with Crippen LogP contribution in [0.3, 0.4) is 0 Å². The van der Waals surface area contributed by atoms with E-state index in [1.165, 1.54) is 5.56 Å². The fourth-order valence-electron chi connectivity index (χ4n) is 2.93. The van der Waals surface area contributed by atoms with Crippen molar-refractivity contribution in [2.45, 2.75) is 0 Å². The van der Waals surface area contributed by atoms with Crippen LogP contribution in [0.1, 0.15) is 10.4 Å². The van der Waals surface area contributed by atoms with Gasteiger partial charge in [-0.3, -0.25) is 4.79 Å². The molecule has 1 unspecified atom stereocenters. The SMILES string of the molecule is CN(C)CC1=CC=CC1C(=O)c1ccc(-c2ccccc2)cc1. The van der Waals surface area contributed by atoms with Gasteiger partial charge in [0, 0.05) is 12.1 Å². The first-order valence-corrected chi connectivity index (χ1v) is 7.87. The van der Waals surface area contributed by atoms with Crippen LogP contribution < -0.4 is 0 Å². The van der Waals surface area contributed by atoms with Gasteiger partial charge in [0.15, 0.2) is 5.78 Å². The standard InChI is InChI=1S/C21H21NO/c1-22(2)15-19-9-6-10-20(19)21(23)18-13-11-17(12-14-18)16-7-4-3-5-8-16/h3-14,20H,15H2,1-2H3. The van der Waals surface area contributed by atoms with Crippen LogP contribution in [0.2, 0.25) is 0 Å². The average molecular weight is 303 g/mol. The Balaban J connectivity index is 1.78. The lowest BCUT2D eigenvalue weighted by Crippen LogP contribution is -2.22. The van der Waals surface area contributed by atoms with Gasteiger partial charge in [0.2, 0.25) is 0 Å². The third kappa shape index (κ3) is 3.49. The molecule has 2 heteroatoms. The third-order valence-electron chi connectivity index (χ3n) is 4.07. The molecule has 116 valence electrons. The number of hydrogen-bond acceptors (Lipinski definition) is 2. The summed E-state index contributed by atoms with van der Waals surface area (Å²) in [5.74, 6) is 0.0476. The molecule has 2 nitrogen and oxygen atoms in total. The highest BCUT2D eigenvalue weighted by Crippen LogP contribution is 2.26. The largest absolute Gasteiger partial charge is 0.305 e. The maximum Gasteiger partial charge on any atom is 0.173 e. The predicted octanol–water partition coefficient (Wildman–Crippen LogP) is 4.21. The Morgan fingerprint density at radius 2 is 1.61 bits per heavy atom. The van der Waals surface area contributed by atoms with Gasteiger partial charge in [-0.1, -0.05) is 72.8 Å². The Morgan fingerprint density at radius 3 is 2.26 bits per heavy atom. The van der Waals surface area contributed by atoms with Crippen LogP contribution >= 0.6 is 0 Å². The normalized spacial score (nSPS) is 16.7. The Kier molecular flexibility index (Phi) is 4.54. The van der Waals surface area contributed by atoms with Gasteiger partial charge in [0.25, 0.3) is 0 Å². The highest BCUT2D eigenvalue weighted by atomic mass is 16.1. The van der Waals surface area contributed by atoms with Gasteiger partial charge in [-0.2, -0.15) is 0 Å². The van der Waals surface area contributed by atoms with E-state index in [0.29, 0.717) is 0 Å². The van der Waals surface area contributed by atoms with Crippen molar-refractivity contribution in [3.8, 4) is 11.1 Å². The molecule has 0 aromatic heterocycles. The molecule has 2 aromatic carbocycles. The first kappa shape index (κ1) is 15.4. The summed E-state index contributed by atoms with van der Waals surface area (Å²) >= 11 is 0. The van der Waals surface area contributed by atoms with E-state index in [-0.39, 0.29) is 11.7 Å². The molecule has 0 radical (unpaired) electrons. The van der Waals surface area contributed by atoms with Gasteiger partial charge >= 0.3 is 0 Å². The van der Waals surface area contributed by atoms with Crippen molar-refractivity contribution in [3.05, 3.63) is 84.0 Å². The van der Waals surface area contributed by atoms with Crippen LogP contribution in [-0.2, 0) is 0 Å². The topological polar surface area (TPSA) is 20.3 Å². The summed E-state index contributed by atoms with van der Waals surface area (Å²) in [6.45, 7) is 0.811. The van der Waals surface area contributed by atoms with Gasteiger partial charge < -0.3 is 4.90 Å². The Bertz CT molecular complexity index is 739. The highest BCUT2D eigenvalue weighted by Gasteiger charge is 2.24. The summed E-state index contributed by atoms with van der Waals surface area (Å²) in [6.07, 6.45) is 6.03. The van der Waals surface area contributed by atoms with Crippen LogP contribution in [0.15, 0.2) is 78.4 Å². The molecule has 3 rings (SSSR count). The first-order valence-electron chi connectivity index (χ1n) is 7.87. The van der Waals surface area contributed by atoms with Gasteiger partial charge in [0.05, 0.1) is 5.92 Å². The maximum absolute atomic E-state index is 12.8. The zero-order chi connectivity index (χ0) is 16.2. The fraction of sp³-hybridized carbons (Fsp3) is 0.190. The van der Waals surface area contributed by atoms with Gasteiger partial charge in [0.1, 0.15) is 0 Å². The zero-order valence-electron chi connectivity index (χ0n) is 13.6. The molecule has 0 spiro atoms. The minimum Gasteiger partial charge on any atom is -0.305 e. The first-order chi connectivity index (χ1) is 11.1. The second kappa shape index (κ2) is 6.76. The van der Waals surface area contributed by atoms with Crippen LogP contribution in [0.5, 0.6) is 0 Å². The van der Waals surface area contributed by atoms with Gasteiger partial charge in [-0.05, 0) is 30.8 Å². The third-order valence-corrected chi connectivity index (χ3v) is 4.07. The van der Waals surface area contributed by atoms with Crippen LogP contribution in [0.4, 0.5) is 0 Å². The van der Waals surface area contributed by atoms with Gasteiger partial charge in [-0.25, -0.2) is 0 Å². The number of benzene rings is 2. The number of rotatable bonds is 5. The summed E-state index contributed by atoms with van der Waals surface area (Å²) in [4.78, 5) is 14.9. The predicted molar refractivity (Wildman–Crippen MR) is 95.5 cm³/mol. The molecular weight excluding hydrogens is 282 g/mol. The van der Waals surface area contributed by atoms with Gasteiger partial charge in [-0.15, -0.1) is 0 Å². The molecule has 0 saturated carbocycles. The summed E-state index contributed by atoms with van der Waals surface area (Å²) in [7, 11) is 4.05. The number of likely N-dealkylation sites (N-methyl/N-ethyl adjacent to an activating group) is 1. The van der Waals surface area contributed by atoms with Crippen LogP contribution in [0.25, 0.3) is 11.1 Å². The van der Waals surface area contributed by atoms with Crippen molar-refractivity contribution in [1.82, 2.24) is 4.90 Å². The summed E-state index contributed by atoms with van der Waals surface area (Å²) < 4.78 is 0. The highest BCUT2D eigenvalue weighted by molar-refractivity contribution is 6.01. The van der Waals surface area contributed by atoms with Crippen LogP contribution in [-0.4, -0.2) is 31.3 Å². The summed E-state index contributed by atoms with van der Waals surface area (Å²) in [5, 5.41) is 0. The zero-order valence-corrected chi connectivity index (χ0v) is 13.6. The lowest BCUT2D eigenvalue weighted by Gasteiger charge is -2.17. The number of Topliss-reactive ketones (excluding diaryl/α,β-unsaturated/α-hetero) is 1. The molecule has 1 atom stereocenters. The number of allylic oxidation sites excluding steroid dienone is 3. The van der Waals surface area contributed by atoms with Crippen molar-refractivity contribution in [2.75, 3.05) is 20.6 Å². The molecule has 0 amide bonds. The van der Waals surface area contributed by atoms with Crippen molar-refractivity contribution in [1.29, 1.82) is 0 Å². The second-order valence-electron chi connectivity index (χ2n) is 6.15. The molecule has 0 saturated heterocycles. The molecule has 1 aliphatic rings. The van der Waals surface area contributed by atoms with E-state index in [1.54, 1.807) is 0 Å². The fourth-order valence-corrected chi connectivity index (χ4v) is 2.93. The Labute approximate surface area is 137 Å². The lowest BCUT2D eigenvalue weighted by molar-refractivity contribution is 0.0959. The number of ketones is 1. The van der Waals surface area contributed by atoms with Crippen molar-refractivity contribution < 1.29 is 4.79 Å². The summed E-state index contributed by atoms with van der Waals surface area (Å²) in [6, 6.07) is 18.1. The molecule has 0 bridgehead atoms. The van der Waals surface area contributed by atoms with E-state index in [2.05, 4.69) is 23.1 Å². The minimum absolute atomic E-state index is 0.125. The molecule has 0 aliphatic heterocycles. The smallest absolute Gasteiger partial charge is 0.173 e. The van der Waals surface area contributed by atoms with Crippen molar-refractivity contribution in [3.63, 3.8) is 0 Å². The molecule has 0 heterocycles.